The van der Waals surface area contributed by atoms with Gasteiger partial charge < -0.3 is 10.2 Å². The van der Waals surface area contributed by atoms with Crippen molar-refractivity contribution in [3.63, 3.8) is 0 Å². The number of halogens is 1. The van der Waals surface area contributed by atoms with E-state index in [1.807, 2.05) is 6.07 Å². The summed E-state index contributed by atoms with van der Waals surface area (Å²) in [7, 11) is 1.79. The molecule has 1 fully saturated rings. The lowest BCUT2D eigenvalue weighted by Gasteiger charge is -2.28. The van der Waals surface area contributed by atoms with Crippen molar-refractivity contribution >= 4 is 11.8 Å². The minimum Gasteiger partial charge on any atom is -0.344 e. The number of nitrogens with one attached hydrogen (secondary N) is 2. The maximum absolute atomic E-state index is 13.1. The molecule has 156 valence electrons. The molecule has 1 aromatic heterocycles. The van der Waals surface area contributed by atoms with E-state index in [4.69, 9.17) is 0 Å². The highest BCUT2D eigenvalue weighted by Crippen LogP contribution is 2.28. The molecule has 29 heavy (non-hydrogen) atoms. The average Bonchev–Trinajstić information content (AvgIpc) is 3.38. The van der Waals surface area contributed by atoms with Crippen LogP contribution in [-0.2, 0) is 16.0 Å². The van der Waals surface area contributed by atoms with Gasteiger partial charge in [-0.05, 0) is 61.9 Å². The fraction of sp³-hybridized carbons (Fsp3) is 0.500. The molecule has 3 rings (SSSR count). The summed E-state index contributed by atoms with van der Waals surface area (Å²) in [6.07, 6.45) is 5.75. The Labute approximate surface area is 170 Å². The van der Waals surface area contributed by atoms with Crippen molar-refractivity contribution in [3.8, 4) is 11.3 Å². The van der Waals surface area contributed by atoms with E-state index in [-0.39, 0.29) is 23.5 Å². The van der Waals surface area contributed by atoms with Crippen LogP contribution in [0.4, 0.5) is 4.39 Å². The normalized spacial score (nSPS) is 15.3. The lowest BCUT2D eigenvalue weighted by Crippen LogP contribution is -2.50. The van der Waals surface area contributed by atoms with Crippen molar-refractivity contribution in [2.45, 2.75) is 51.5 Å². The van der Waals surface area contributed by atoms with E-state index in [1.54, 1.807) is 24.1 Å². The van der Waals surface area contributed by atoms with Crippen molar-refractivity contribution < 1.29 is 14.0 Å². The van der Waals surface area contributed by atoms with E-state index < -0.39 is 6.04 Å². The Morgan fingerprint density at radius 3 is 2.62 bits per heavy atom. The van der Waals surface area contributed by atoms with Gasteiger partial charge in [-0.25, -0.2) is 4.39 Å². The topological polar surface area (TPSA) is 78.1 Å². The van der Waals surface area contributed by atoms with E-state index in [1.165, 1.54) is 19.1 Å². The summed E-state index contributed by atoms with van der Waals surface area (Å²) in [5.41, 5.74) is 2.60. The van der Waals surface area contributed by atoms with Gasteiger partial charge in [0.25, 0.3) is 0 Å². The van der Waals surface area contributed by atoms with Crippen molar-refractivity contribution in [1.29, 1.82) is 0 Å². The van der Waals surface area contributed by atoms with Gasteiger partial charge >= 0.3 is 0 Å². The first-order chi connectivity index (χ1) is 13.9. The molecule has 1 aliphatic carbocycles. The van der Waals surface area contributed by atoms with Crippen molar-refractivity contribution in [2.24, 2.45) is 5.92 Å². The van der Waals surface area contributed by atoms with Gasteiger partial charge in [-0.15, -0.1) is 0 Å². The van der Waals surface area contributed by atoms with Crippen LogP contribution in [0.3, 0.4) is 0 Å². The summed E-state index contributed by atoms with van der Waals surface area (Å²) in [6.45, 7) is 2.07. The maximum atomic E-state index is 13.1. The molecule has 1 atom stereocenters. The molecule has 1 heterocycles. The molecule has 1 aliphatic rings. The van der Waals surface area contributed by atoms with Crippen LogP contribution in [-0.4, -0.2) is 46.5 Å². The summed E-state index contributed by atoms with van der Waals surface area (Å²) in [5, 5.41) is 10.2. The molecule has 2 amide bonds. The molecule has 1 unspecified atom stereocenters. The number of aryl methyl sites for hydroxylation is 1. The van der Waals surface area contributed by atoms with Gasteiger partial charge in [0.15, 0.2) is 0 Å². The second kappa shape index (κ2) is 9.67. The van der Waals surface area contributed by atoms with E-state index in [0.29, 0.717) is 6.54 Å². The molecule has 0 saturated heterocycles. The Morgan fingerprint density at radius 1 is 1.28 bits per heavy atom. The monoisotopic (exact) mass is 400 g/mol. The third-order valence-electron chi connectivity index (χ3n) is 5.58. The van der Waals surface area contributed by atoms with Crippen molar-refractivity contribution in [2.75, 3.05) is 13.6 Å². The second-order valence-electron chi connectivity index (χ2n) is 7.87. The number of carbonyl (C=O) groups is 2. The van der Waals surface area contributed by atoms with Crippen molar-refractivity contribution in [3.05, 3.63) is 41.8 Å². The molecule has 1 aromatic carbocycles. The van der Waals surface area contributed by atoms with Crippen LogP contribution in [0.1, 0.15) is 44.7 Å². The van der Waals surface area contributed by atoms with Gasteiger partial charge in [-0.1, -0.05) is 12.8 Å². The standard InChI is InChI=1S/C22H29FN4O2/c1-15(28)24-21(17-6-3-4-7-17)22(29)27(2)13-5-8-19-14-20(26-25-19)16-9-11-18(23)12-10-16/h9-12,14,17,21H,3-8,13H2,1-2H3,(H,24,28)(H,25,26). The first-order valence-corrected chi connectivity index (χ1v) is 10.3. The van der Waals surface area contributed by atoms with E-state index in [0.717, 1.165) is 55.5 Å². The zero-order chi connectivity index (χ0) is 20.8. The van der Waals surface area contributed by atoms with Crippen LogP contribution in [0, 0.1) is 11.7 Å². The largest absolute Gasteiger partial charge is 0.344 e. The number of H-pyrrole nitrogens is 1. The zero-order valence-electron chi connectivity index (χ0n) is 17.1. The first-order valence-electron chi connectivity index (χ1n) is 10.3. The van der Waals surface area contributed by atoms with Crippen LogP contribution in [0.15, 0.2) is 30.3 Å². The Morgan fingerprint density at radius 2 is 1.97 bits per heavy atom. The van der Waals surface area contributed by atoms with Gasteiger partial charge in [0.1, 0.15) is 11.9 Å². The third-order valence-corrected chi connectivity index (χ3v) is 5.58. The van der Waals surface area contributed by atoms with Gasteiger partial charge in [0.2, 0.25) is 11.8 Å². The molecule has 0 aliphatic heterocycles. The number of benzene rings is 1. The molecule has 7 heteroatoms. The summed E-state index contributed by atoms with van der Waals surface area (Å²) < 4.78 is 13.1. The van der Waals surface area contributed by atoms with Crippen LogP contribution < -0.4 is 5.32 Å². The molecular formula is C22H29FN4O2. The summed E-state index contributed by atoms with van der Waals surface area (Å²) in [5.74, 6) is -0.203. The van der Waals surface area contributed by atoms with Gasteiger partial charge in [0.05, 0.1) is 5.69 Å². The third kappa shape index (κ3) is 5.65. The smallest absolute Gasteiger partial charge is 0.245 e. The van der Waals surface area contributed by atoms with Crippen LogP contribution in [0.25, 0.3) is 11.3 Å². The van der Waals surface area contributed by atoms with Crippen LogP contribution in [0.2, 0.25) is 0 Å². The predicted octanol–water partition coefficient (Wildman–Crippen LogP) is 3.30. The number of rotatable bonds is 8. The summed E-state index contributed by atoms with van der Waals surface area (Å²) in [6, 6.07) is 7.77. The highest BCUT2D eigenvalue weighted by molar-refractivity contribution is 5.87. The lowest BCUT2D eigenvalue weighted by atomic mass is 9.96. The fourth-order valence-electron chi connectivity index (χ4n) is 4.00. The van der Waals surface area contributed by atoms with Gasteiger partial charge in [-0.2, -0.15) is 5.10 Å². The number of nitrogens with zero attached hydrogens (tertiary/aromatic N) is 2. The highest BCUT2D eigenvalue weighted by atomic mass is 19.1. The number of hydrogen-bond acceptors (Lipinski definition) is 3. The molecule has 6 nitrogen and oxygen atoms in total. The van der Waals surface area contributed by atoms with E-state index in [9.17, 15) is 14.0 Å². The number of likely N-dealkylation sites (N-methyl/N-ethyl adjacent to an activating group) is 1. The number of aromatic nitrogens is 2. The SMILES string of the molecule is CC(=O)NC(C(=O)N(C)CCCc1cc(-c2ccc(F)cc2)n[nH]1)C1CCCC1. The highest BCUT2D eigenvalue weighted by Gasteiger charge is 2.32. The van der Waals surface area contributed by atoms with Crippen LogP contribution >= 0.6 is 0 Å². The zero-order valence-corrected chi connectivity index (χ0v) is 17.1. The Kier molecular flexibility index (Phi) is 7.01. The quantitative estimate of drug-likeness (QED) is 0.714. The summed E-state index contributed by atoms with van der Waals surface area (Å²) in [4.78, 5) is 26.2. The molecular weight excluding hydrogens is 371 g/mol. The predicted molar refractivity (Wildman–Crippen MR) is 110 cm³/mol. The minimum absolute atomic E-state index is 0.0105. The Bertz CT molecular complexity index is 828. The fourth-order valence-corrected chi connectivity index (χ4v) is 4.00. The van der Waals surface area contributed by atoms with Crippen LogP contribution in [0.5, 0.6) is 0 Å². The number of aromatic amines is 1. The lowest BCUT2D eigenvalue weighted by molar-refractivity contribution is -0.136. The van der Waals surface area contributed by atoms with E-state index in [2.05, 4.69) is 15.5 Å². The van der Waals surface area contributed by atoms with Crippen molar-refractivity contribution in [1.82, 2.24) is 20.4 Å². The number of carbonyl (C=O) groups excluding carboxylic acids is 2. The van der Waals surface area contributed by atoms with Gasteiger partial charge in [-0.3, -0.25) is 14.7 Å². The molecule has 2 aromatic rings. The second-order valence-corrected chi connectivity index (χ2v) is 7.87. The molecule has 1 saturated carbocycles. The Hall–Kier alpha value is -2.70. The number of amides is 2. The average molecular weight is 400 g/mol. The van der Waals surface area contributed by atoms with Gasteiger partial charge in [0, 0.05) is 31.8 Å². The molecule has 0 radical (unpaired) electrons. The first kappa shape index (κ1) is 21.0. The summed E-state index contributed by atoms with van der Waals surface area (Å²) >= 11 is 0. The minimum atomic E-state index is -0.419. The molecule has 2 N–H and O–H groups in total. The molecule has 0 spiro atoms. The Balaban J connectivity index is 1.52. The molecule has 0 bridgehead atoms. The maximum Gasteiger partial charge on any atom is 0.245 e. The van der Waals surface area contributed by atoms with E-state index >= 15 is 0 Å². The number of hydrogen-bond donors (Lipinski definition) is 2.